The quantitative estimate of drug-likeness (QED) is 0.611. The van der Waals surface area contributed by atoms with Gasteiger partial charge in [-0.25, -0.2) is 4.79 Å². The number of esters is 1. The van der Waals surface area contributed by atoms with Crippen molar-refractivity contribution in [3.05, 3.63) is 89.0 Å². The molecule has 0 unspecified atom stereocenters. The molecule has 0 saturated heterocycles. The fraction of sp³-hybridized carbons (Fsp3) is 0.130. The summed E-state index contributed by atoms with van der Waals surface area (Å²) < 4.78 is 4.79. The van der Waals surface area contributed by atoms with Crippen LogP contribution in [0.4, 0.5) is 17.1 Å². The van der Waals surface area contributed by atoms with E-state index < -0.39 is 5.97 Å². The third-order valence-electron chi connectivity index (χ3n) is 4.40. The average molecular weight is 374 g/mol. The van der Waals surface area contributed by atoms with E-state index in [0.29, 0.717) is 22.5 Å². The van der Waals surface area contributed by atoms with E-state index in [1.807, 2.05) is 38.1 Å². The highest BCUT2D eigenvalue weighted by molar-refractivity contribution is 6.11. The molecular formula is C23H22N2O3. The smallest absolute Gasteiger partial charge is 0.339 e. The van der Waals surface area contributed by atoms with Gasteiger partial charge >= 0.3 is 5.97 Å². The van der Waals surface area contributed by atoms with Gasteiger partial charge in [0.25, 0.3) is 5.91 Å². The van der Waals surface area contributed by atoms with Crippen LogP contribution in [0.5, 0.6) is 0 Å². The number of hydrogen-bond acceptors (Lipinski definition) is 4. The summed E-state index contributed by atoms with van der Waals surface area (Å²) in [6.07, 6.45) is 0. The molecule has 0 aromatic heterocycles. The molecule has 0 saturated carbocycles. The number of benzene rings is 3. The molecule has 3 aromatic carbocycles. The van der Waals surface area contributed by atoms with Crippen LogP contribution in [0.2, 0.25) is 0 Å². The van der Waals surface area contributed by atoms with Crippen molar-refractivity contribution in [1.29, 1.82) is 0 Å². The van der Waals surface area contributed by atoms with Gasteiger partial charge in [0.2, 0.25) is 0 Å². The van der Waals surface area contributed by atoms with Crippen LogP contribution in [0.3, 0.4) is 0 Å². The predicted molar refractivity (Wildman–Crippen MR) is 111 cm³/mol. The molecule has 1 amide bonds. The number of methoxy groups -OCH3 is 1. The molecule has 0 spiro atoms. The van der Waals surface area contributed by atoms with Gasteiger partial charge in [-0.1, -0.05) is 42.0 Å². The molecule has 0 fully saturated rings. The third-order valence-corrected chi connectivity index (χ3v) is 4.40. The van der Waals surface area contributed by atoms with Crippen molar-refractivity contribution in [1.82, 2.24) is 0 Å². The lowest BCUT2D eigenvalue weighted by Crippen LogP contribution is -2.16. The van der Waals surface area contributed by atoms with E-state index in [4.69, 9.17) is 4.74 Å². The number of carbonyl (C=O) groups is 2. The molecule has 0 aliphatic carbocycles. The molecule has 0 aliphatic rings. The highest BCUT2D eigenvalue weighted by Crippen LogP contribution is 2.25. The second-order valence-corrected chi connectivity index (χ2v) is 6.48. The van der Waals surface area contributed by atoms with Gasteiger partial charge in [0.15, 0.2) is 0 Å². The second-order valence-electron chi connectivity index (χ2n) is 6.48. The number of amides is 1. The zero-order valence-electron chi connectivity index (χ0n) is 16.1. The topological polar surface area (TPSA) is 67.4 Å². The fourth-order valence-corrected chi connectivity index (χ4v) is 2.96. The Hall–Kier alpha value is -3.60. The number of nitrogens with one attached hydrogen (secondary N) is 2. The molecule has 0 heterocycles. The molecule has 142 valence electrons. The molecule has 5 nitrogen and oxygen atoms in total. The van der Waals surface area contributed by atoms with Crippen LogP contribution in [0, 0.1) is 13.8 Å². The zero-order chi connectivity index (χ0) is 20.1. The van der Waals surface area contributed by atoms with Gasteiger partial charge in [-0.2, -0.15) is 0 Å². The number of aryl methyl sites for hydroxylation is 2. The standard InChI is InChI=1S/C23H22N2O3/c1-15-12-13-19(16(2)14-15)24-20-10-6-4-8-17(20)22(26)25-21-11-7-5-9-18(21)23(27)28-3/h4-14,24H,1-3H3,(H,25,26). The summed E-state index contributed by atoms with van der Waals surface area (Å²) in [5, 5.41) is 6.14. The number of hydrogen-bond donors (Lipinski definition) is 2. The average Bonchev–Trinajstić information content (AvgIpc) is 2.70. The lowest BCUT2D eigenvalue weighted by atomic mass is 10.1. The first kappa shape index (κ1) is 19.2. The maximum atomic E-state index is 12.9. The number of anilines is 3. The fourth-order valence-electron chi connectivity index (χ4n) is 2.96. The summed E-state index contributed by atoms with van der Waals surface area (Å²) in [7, 11) is 1.31. The molecule has 0 atom stereocenters. The summed E-state index contributed by atoms with van der Waals surface area (Å²) in [6.45, 7) is 4.06. The minimum Gasteiger partial charge on any atom is -0.465 e. The Labute approximate surface area is 164 Å². The van der Waals surface area contributed by atoms with E-state index in [1.54, 1.807) is 36.4 Å². The summed E-state index contributed by atoms with van der Waals surface area (Å²) >= 11 is 0. The van der Waals surface area contributed by atoms with Gasteiger partial charge in [-0.05, 0) is 49.7 Å². The lowest BCUT2D eigenvalue weighted by Gasteiger charge is -2.15. The maximum Gasteiger partial charge on any atom is 0.339 e. The number of carbonyl (C=O) groups excluding carboxylic acids is 2. The van der Waals surface area contributed by atoms with Crippen molar-refractivity contribution in [2.24, 2.45) is 0 Å². The first-order chi connectivity index (χ1) is 13.5. The molecule has 0 aliphatic heterocycles. The second kappa shape index (κ2) is 8.39. The number of ether oxygens (including phenoxy) is 1. The Balaban J connectivity index is 1.89. The van der Waals surface area contributed by atoms with Crippen LogP contribution in [-0.2, 0) is 4.74 Å². The van der Waals surface area contributed by atoms with Crippen LogP contribution in [0.25, 0.3) is 0 Å². The summed E-state index contributed by atoms with van der Waals surface area (Å²) in [5.74, 6) is -0.818. The minimum atomic E-state index is -0.502. The van der Waals surface area contributed by atoms with Crippen molar-refractivity contribution < 1.29 is 14.3 Å². The van der Waals surface area contributed by atoms with E-state index in [0.717, 1.165) is 11.3 Å². The Morgan fingerprint density at radius 2 is 1.43 bits per heavy atom. The first-order valence-electron chi connectivity index (χ1n) is 8.91. The first-order valence-corrected chi connectivity index (χ1v) is 8.91. The molecule has 3 aromatic rings. The van der Waals surface area contributed by atoms with Gasteiger partial charge in [-0.15, -0.1) is 0 Å². The zero-order valence-corrected chi connectivity index (χ0v) is 16.1. The van der Waals surface area contributed by atoms with Gasteiger partial charge in [0, 0.05) is 5.69 Å². The summed E-state index contributed by atoms with van der Waals surface area (Å²) in [6, 6.07) is 20.1. The van der Waals surface area contributed by atoms with Gasteiger partial charge < -0.3 is 15.4 Å². The van der Waals surface area contributed by atoms with Gasteiger partial charge in [-0.3, -0.25) is 4.79 Å². The molecule has 5 heteroatoms. The molecular weight excluding hydrogens is 352 g/mol. The van der Waals surface area contributed by atoms with E-state index in [-0.39, 0.29) is 5.91 Å². The van der Waals surface area contributed by atoms with E-state index >= 15 is 0 Å². The Morgan fingerprint density at radius 1 is 0.786 bits per heavy atom. The maximum absolute atomic E-state index is 12.9. The Bertz CT molecular complexity index is 1030. The highest BCUT2D eigenvalue weighted by Gasteiger charge is 2.16. The van der Waals surface area contributed by atoms with Crippen molar-refractivity contribution in [3.8, 4) is 0 Å². The van der Waals surface area contributed by atoms with Crippen LogP contribution in [0.15, 0.2) is 66.7 Å². The van der Waals surface area contributed by atoms with Crippen molar-refractivity contribution in [2.75, 3.05) is 17.7 Å². The Kier molecular flexibility index (Phi) is 5.75. The SMILES string of the molecule is COC(=O)c1ccccc1NC(=O)c1ccccc1Nc1ccc(C)cc1C. The van der Waals surface area contributed by atoms with Gasteiger partial charge in [0.1, 0.15) is 0 Å². The van der Waals surface area contributed by atoms with Crippen molar-refractivity contribution in [3.63, 3.8) is 0 Å². The van der Waals surface area contributed by atoms with Crippen LogP contribution < -0.4 is 10.6 Å². The normalized spacial score (nSPS) is 10.2. The van der Waals surface area contributed by atoms with Gasteiger partial charge in [0.05, 0.1) is 29.6 Å². The predicted octanol–water partition coefficient (Wildman–Crippen LogP) is 5.09. The molecule has 28 heavy (non-hydrogen) atoms. The monoisotopic (exact) mass is 374 g/mol. The van der Waals surface area contributed by atoms with Crippen LogP contribution >= 0.6 is 0 Å². The van der Waals surface area contributed by atoms with E-state index in [1.165, 1.54) is 12.7 Å². The number of rotatable bonds is 5. The molecule has 3 rings (SSSR count). The molecule has 0 radical (unpaired) electrons. The summed E-state index contributed by atoms with van der Waals surface area (Å²) in [4.78, 5) is 24.9. The number of para-hydroxylation sites is 2. The lowest BCUT2D eigenvalue weighted by molar-refractivity contribution is 0.0602. The van der Waals surface area contributed by atoms with Crippen molar-refractivity contribution >= 4 is 28.9 Å². The molecule has 0 bridgehead atoms. The van der Waals surface area contributed by atoms with Crippen LogP contribution in [0.1, 0.15) is 31.8 Å². The summed E-state index contributed by atoms with van der Waals surface area (Å²) in [5.41, 5.74) is 5.06. The molecule has 2 N–H and O–H groups in total. The van der Waals surface area contributed by atoms with Crippen molar-refractivity contribution in [2.45, 2.75) is 13.8 Å². The van der Waals surface area contributed by atoms with E-state index in [2.05, 4.69) is 16.7 Å². The van der Waals surface area contributed by atoms with E-state index in [9.17, 15) is 9.59 Å². The largest absolute Gasteiger partial charge is 0.465 e. The highest BCUT2D eigenvalue weighted by atomic mass is 16.5. The Morgan fingerprint density at radius 3 is 2.11 bits per heavy atom. The minimum absolute atomic E-state index is 0.304. The van der Waals surface area contributed by atoms with Crippen LogP contribution in [-0.4, -0.2) is 19.0 Å². The third kappa shape index (κ3) is 4.20.